The SMILES string of the molecule is COc1cc2c(cc1O)CCN[C@]21CS[C@@H]2c3c(OC(C)=O)c(C)c4c(c3[C@H](COC1=O)N1C2[C@@H]2c3c(cc(C)c(O)c3O)C[C@H]([C@@H]1O)N2C)OCO4. The zero-order chi connectivity index (χ0) is 37.2. The molecule has 1 unspecified atom stereocenters. The van der Waals surface area contributed by atoms with Gasteiger partial charge in [-0.25, -0.2) is 4.79 Å². The normalized spacial score (nSPS) is 29.8. The van der Waals surface area contributed by atoms with E-state index in [-0.39, 0.29) is 42.2 Å². The third-order valence-electron chi connectivity index (χ3n) is 12.1. The number of methoxy groups -OCH3 is 1. The van der Waals surface area contributed by atoms with Crippen molar-refractivity contribution in [2.45, 2.75) is 74.8 Å². The van der Waals surface area contributed by atoms with Crippen LogP contribution in [0.3, 0.4) is 0 Å². The zero-order valence-corrected chi connectivity index (χ0v) is 30.7. The van der Waals surface area contributed by atoms with Crippen LogP contribution >= 0.6 is 11.8 Å². The average molecular weight is 748 g/mol. The molecule has 0 aromatic heterocycles. The molecule has 0 radical (unpaired) electrons. The second kappa shape index (κ2) is 12.0. The van der Waals surface area contributed by atoms with Crippen molar-refractivity contribution in [2.75, 3.05) is 39.9 Å². The highest BCUT2D eigenvalue weighted by atomic mass is 32.2. The Kier molecular flexibility index (Phi) is 7.81. The number of carbonyl (C=O) groups excluding carboxylic acids is 2. The van der Waals surface area contributed by atoms with Crippen LogP contribution in [0.1, 0.15) is 68.8 Å². The van der Waals surface area contributed by atoms with Gasteiger partial charge in [0.2, 0.25) is 6.79 Å². The van der Waals surface area contributed by atoms with Gasteiger partial charge in [0.15, 0.2) is 40.0 Å². The number of aliphatic hydroxyl groups is 1. The number of likely N-dealkylation sites (N-methyl/N-ethyl adjacent to an activating group) is 1. The van der Waals surface area contributed by atoms with Gasteiger partial charge < -0.3 is 44.1 Å². The Labute approximate surface area is 309 Å². The van der Waals surface area contributed by atoms with Crippen molar-refractivity contribution in [1.82, 2.24) is 15.1 Å². The standard InChI is InChI=1S/C38H41N3O11S/c1-15-8-19-9-21-36(46)41-22-12-49-37(47)38(20-11-24(48-5)23(43)10-18(20)6-7-39-38)13-53-35(29(41)28(40(21)4)25(19)31(45)30(15)44)27-26(22)34-33(50-14-51-34)16(2)32(27)52-17(3)42/h8,10-11,21-22,28-29,35-36,39,43-46H,6-7,9,12-14H2,1-5H3/t21-,22+,28+,29?,35-,36+,38-/m1/s1. The second-order valence-corrected chi connectivity index (χ2v) is 15.9. The molecule has 2 saturated heterocycles. The van der Waals surface area contributed by atoms with Gasteiger partial charge in [0.05, 0.1) is 30.5 Å². The van der Waals surface area contributed by atoms with Crippen LogP contribution in [0.15, 0.2) is 18.2 Å². The van der Waals surface area contributed by atoms with E-state index in [0.29, 0.717) is 70.0 Å². The van der Waals surface area contributed by atoms with Crippen LogP contribution in [0, 0.1) is 13.8 Å². The summed E-state index contributed by atoms with van der Waals surface area (Å²) in [4.78, 5) is 31.5. The minimum atomic E-state index is -1.38. The molecule has 5 N–H and O–H groups in total. The first kappa shape index (κ1) is 34.4. The van der Waals surface area contributed by atoms with Crippen molar-refractivity contribution in [1.29, 1.82) is 0 Å². The number of aryl methyl sites for hydroxylation is 1. The minimum Gasteiger partial charge on any atom is -0.504 e. The Balaban J connectivity index is 1.32. The van der Waals surface area contributed by atoms with Crippen LogP contribution in [0.2, 0.25) is 0 Å². The summed E-state index contributed by atoms with van der Waals surface area (Å²) < 4.78 is 30.0. The number of hydrogen-bond acceptors (Lipinski definition) is 15. The molecule has 7 heterocycles. The highest BCUT2D eigenvalue weighted by Gasteiger charge is 2.61. The van der Waals surface area contributed by atoms with Crippen molar-refractivity contribution < 1.29 is 53.7 Å². The van der Waals surface area contributed by atoms with Gasteiger partial charge >= 0.3 is 11.9 Å². The van der Waals surface area contributed by atoms with Crippen LogP contribution in [0.5, 0.6) is 40.2 Å². The monoisotopic (exact) mass is 747 g/mol. The van der Waals surface area contributed by atoms with Gasteiger partial charge in [-0.2, -0.15) is 0 Å². The number of fused-ring (bicyclic) bond motifs is 9. The van der Waals surface area contributed by atoms with E-state index in [9.17, 15) is 30.0 Å². The quantitative estimate of drug-likeness (QED) is 0.147. The molecule has 53 heavy (non-hydrogen) atoms. The van der Waals surface area contributed by atoms with E-state index >= 15 is 0 Å². The first-order valence-corrected chi connectivity index (χ1v) is 18.7. The molecule has 7 aliphatic rings. The first-order valence-electron chi connectivity index (χ1n) is 17.7. The number of ether oxygens (including phenoxy) is 5. The fourth-order valence-electron chi connectivity index (χ4n) is 9.75. The molecule has 1 spiro atoms. The summed E-state index contributed by atoms with van der Waals surface area (Å²) in [6.07, 6.45) is -0.131. The van der Waals surface area contributed by atoms with E-state index < -0.39 is 53.1 Å². The van der Waals surface area contributed by atoms with Crippen molar-refractivity contribution in [3.63, 3.8) is 0 Å². The summed E-state index contributed by atoms with van der Waals surface area (Å²) >= 11 is 1.43. The molecule has 3 aromatic rings. The van der Waals surface area contributed by atoms with Gasteiger partial charge in [-0.3, -0.25) is 19.9 Å². The van der Waals surface area contributed by atoms with Gasteiger partial charge in [0.25, 0.3) is 0 Å². The number of hydrogen-bond donors (Lipinski definition) is 5. The Morgan fingerprint density at radius 1 is 1.04 bits per heavy atom. The Morgan fingerprint density at radius 3 is 2.57 bits per heavy atom. The van der Waals surface area contributed by atoms with E-state index in [1.165, 1.54) is 25.8 Å². The molecule has 0 aliphatic carbocycles. The topological polar surface area (TPSA) is 180 Å². The summed E-state index contributed by atoms with van der Waals surface area (Å²) in [6, 6.07) is 2.74. The predicted molar refractivity (Wildman–Crippen MR) is 190 cm³/mol. The number of rotatable bonds is 2. The molecule has 3 aromatic carbocycles. The molecule has 2 fully saturated rings. The van der Waals surface area contributed by atoms with Crippen LogP contribution in [0.25, 0.3) is 0 Å². The highest BCUT2D eigenvalue weighted by molar-refractivity contribution is 7.99. The number of aromatic hydroxyl groups is 3. The molecule has 7 atom stereocenters. The van der Waals surface area contributed by atoms with E-state index in [4.69, 9.17) is 23.7 Å². The number of piperazine rings is 1. The molecular formula is C38H41N3O11S. The van der Waals surface area contributed by atoms with Crippen LogP contribution in [0.4, 0.5) is 0 Å². The lowest BCUT2D eigenvalue weighted by atomic mass is 9.73. The number of benzene rings is 3. The lowest BCUT2D eigenvalue weighted by molar-refractivity contribution is -0.186. The number of aliphatic hydroxyl groups excluding tert-OH is 1. The van der Waals surface area contributed by atoms with Gasteiger partial charge in [-0.15, -0.1) is 11.8 Å². The molecular weight excluding hydrogens is 706 g/mol. The third-order valence-corrected chi connectivity index (χ3v) is 13.6. The van der Waals surface area contributed by atoms with E-state index in [1.807, 2.05) is 18.0 Å². The van der Waals surface area contributed by atoms with Crippen molar-refractivity contribution in [2.24, 2.45) is 0 Å². The third kappa shape index (κ3) is 4.67. The van der Waals surface area contributed by atoms with Gasteiger partial charge in [0, 0.05) is 47.5 Å². The molecule has 7 aliphatic heterocycles. The van der Waals surface area contributed by atoms with E-state index in [2.05, 4.69) is 10.2 Å². The summed E-state index contributed by atoms with van der Waals surface area (Å²) in [5.74, 6) is -0.0507. The smallest absolute Gasteiger partial charge is 0.331 e. The molecule has 0 amide bonds. The first-order chi connectivity index (χ1) is 25.4. The number of esters is 2. The van der Waals surface area contributed by atoms with Crippen LogP contribution in [-0.4, -0.2) is 100 Å². The number of carbonyl (C=O) groups is 2. The maximum Gasteiger partial charge on any atom is 0.331 e. The summed E-state index contributed by atoms with van der Waals surface area (Å²) in [5, 5.41) is 48.8. The maximum absolute atomic E-state index is 14.6. The highest BCUT2D eigenvalue weighted by Crippen LogP contribution is 2.64. The van der Waals surface area contributed by atoms with Crippen molar-refractivity contribution in [3.05, 3.63) is 62.7 Å². The van der Waals surface area contributed by atoms with Crippen LogP contribution in [-0.2, 0) is 32.7 Å². The molecule has 14 nitrogen and oxygen atoms in total. The van der Waals surface area contributed by atoms with E-state index in [1.54, 1.807) is 26.0 Å². The fourth-order valence-corrected chi connectivity index (χ4v) is 11.4. The lowest BCUT2D eigenvalue weighted by Gasteiger charge is -2.62. The molecule has 10 rings (SSSR count). The average Bonchev–Trinajstić information content (AvgIpc) is 3.62. The Hall–Kier alpha value is -4.41. The maximum atomic E-state index is 14.6. The Morgan fingerprint density at radius 2 is 1.81 bits per heavy atom. The molecule has 15 heteroatoms. The summed E-state index contributed by atoms with van der Waals surface area (Å²) in [6.45, 7) is 5.01. The largest absolute Gasteiger partial charge is 0.504 e. The lowest BCUT2D eigenvalue weighted by Crippen LogP contribution is -2.70. The fraction of sp³-hybridized carbons (Fsp3) is 0.474. The van der Waals surface area contributed by atoms with Crippen LogP contribution < -0.4 is 24.3 Å². The molecule has 280 valence electrons. The molecule has 0 saturated carbocycles. The number of phenolic OH excluding ortho intramolecular Hbond substituents is 3. The van der Waals surface area contributed by atoms with Crippen molar-refractivity contribution in [3.8, 4) is 40.2 Å². The minimum absolute atomic E-state index is 0.0339. The summed E-state index contributed by atoms with van der Waals surface area (Å²) in [7, 11) is 3.36. The number of thioether (sulfide) groups is 1. The van der Waals surface area contributed by atoms with Gasteiger partial charge in [0.1, 0.15) is 18.6 Å². The summed E-state index contributed by atoms with van der Waals surface area (Å²) in [5.41, 5.74) is 3.73. The van der Waals surface area contributed by atoms with Gasteiger partial charge in [-0.05, 0) is 68.1 Å². The molecule has 4 bridgehead atoms. The van der Waals surface area contributed by atoms with E-state index in [0.717, 1.165) is 11.1 Å². The second-order valence-electron chi connectivity index (χ2n) is 14.7. The van der Waals surface area contributed by atoms with Crippen molar-refractivity contribution >= 4 is 23.7 Å². The number of phenols is 3. The number of nitrogens with one attached hydrogen (secondary N) is 1. The Bertz CT molecular complexity index is 2110. The van der Waals surface area contributed by atoms with Gasteiger partial charge in [-0.1, -0.05) is 6.07 Å². The number of nitrogens with zero attached hydrogens (tertiary/aromatic N) is 2. The predicted octanol–water partition coefficient (Wildman–Crippen LogP) is 3.11. The zero-order valence-electron chi connectivity index (χ0n) is 29.9.